The van der Waals surface area contributed by atoms with Crippen LogP contribution in [-0.2, 0) is 9.53 Å². The van der Waals surface area contributed by atoms with E-state index in [1.165, 1.54) is 17.5 Å². The van der Waals surface area contributed by atoms with Crippen LogP contribution in [0.2, 0.25) is 0 Å². The van der Waals surface area contributed by atoms with E-state index in [-0.39, 0.29) is 22.7 Å². The largest absolute Gasteiger partial charge is 0.477 e. The van der Waals surface area contributed by atoms with E-state index >= 15 is 0 Å². The lowest BCUT2D eigenvalue weighted by Gasteiger charge is -2.39. The summed E-state index contributed by atoms with van der Waals surface area (Å²) in [6, 6.07) is 5.47. The topological polar surface area (TPSA) is 128 Å². The number of carbonyl (C=O) groups is 2. The second-order valence-electron chi connectivity index (χ2n) is 9.17. The second-order valence-corrected chi connectivity index (χ2v) is 10.0. The molecule has 4 aromatic heterocycles. The molecule has 0 radical (unpaired) electrons. The number of hydrogen-bond acceptors (Lipinski definition) is 9. The number of fused-ring (bicyclic) bond motifs is 1. The molecule has 1 N–H and O–H groups in total. The number of hydrogen-bond donors (Lipinski definition) is 1. The van der Waals surface area contributed by atoms with E-state index in [0.717, 1.165) is 5.56 Å². The van der Waals surface area contributed by atoms with E-state index in [0.29, 0.717) is 67.0 Å². The molecule has 1 aliphatic heterocycles. The van der Waals surface area contributed by atoms with Crippen LogP contribution in [0.5, 0.6) is 0 Å². The number of aromatic carboxylic acids is 1. The number of rotatable bonds is 10. The maximum absolute atomic E-state index is 13.1. The molecule has 1 aliphatic rings. The summed E-state index contributed by atoms with van der Waals surface area (Å²) in [7, 11) is 0. The fourth-order valence-electron chi connectivity index (χ4n) is 4.53. The molecule has 0 atom stereocenters. The Morgan fingerprint density at radius 2 is 2.08 bits per heavy atom. The molecular formula is C27H27N5O5S. The second kappa shape index (κ2) is 10.8. The molecule has 0 spiro atoms. The number of aromatic nitrogens is 4. The number of anilines is 1. The minimum Gasteiger partial charge on any atom is -0.477 e. The van der Waals surface area contributed by atoms with Gasteiger partial charge in [-0.1, -0.05) is 0 Å². The van der Waals surface area contributed by atoms with Gasteiger partial charge in [0.1, 0.15) is 17.2 Å². The first kappa shape index (κ1) is 25.7. The van der Waals surface area contributed by atoms with Crippen molar-refractivity contribution in [2.45, 2.75) is 26.7 Å². The standard InChI is InChI=1S/C27H27N5O5S/c1-3-37-9-5-7-21(33)18-12-31(13-18)22-10-16(2)23-24(34)19(26(35)36)14-32(25(23)30-22)27-29-20(15-38-27)17-6-4-8-28-11-17/h4,6,8,10-11,14-15,18H,3,5,7,9,12-13H2,1-2H3,(H,35,36). The minimum atomic E-state index is -1.31. The molecule has 0 bridgehead atoms. The zero-order chi connectivity index (χ0) is 26.8. The van der Waals surface area contributed by atoms with E-state index in [2.05, 4.69) is 9.97 Å². The molecule has 10 nitrogen and oxygen atoms in total. The number of nitrogens with zero attached hydrogens (tertiary/aromatic N) is 5. The van der Waals surface area contributed by atoms with Gasteiger partial charge in [-0.25, -0.2) is 14.8 Å². The number of pyridine rings is 3. The van der Waals surface area contributed by atoms with Crippen molar-refractivity contribution in [1.29, 1.82) is 0 Å². The number of ketones is 1. The van der Waals surface area contributed by atoms with E-state index in [4.69, 9.17) is 9.72 Å². The third kappa shape index (κ3) is 4.94. The van der Waals surface area contributed by atoms with Crippen LogP contribution in [0, 0.1) is 12.8 Å². The van der Waals surface area contributed by atoms with Crippen molar-refractivity contribution < 1.29 is 19.4 Å². The Labute approximate surface area is 222 Å². The Bertz CT molecular complexity index is 1560. The number of thiazole rings is 1. The van der Waals surface area contributed by atoms with Gasteiger partial charge in [0.25, 0.3) is 0 Å². The summed E-state index contributed by atoms with van der Waals surface area (Å²) < 4.78 is 6.89. The predicted octanol–water partition coefficient (Wildman–Crippen LogP) is 3.73. The summed E-state index contributed by atoms with van der Waals surface area (Å²) >= 11 is 1.31. The first-order valence-electron chi connectivity index (χ1n) is 12.4. The van der Waals surface area contributed by atoms with Crippen LogP contribution >= 0.6 is 11.3 Å². The fourth-order valence-corrected chi connectivity index (χ4v) is 5.34. The van der Waals surface area contributed by atoms with Gasteiger partial charge in [0.05, 0.1) is 17.0 Å². The normalized spacial score (nSPS) is 13.6. The van der Waals surface area contributed by atoms with Gasteiger partial charge >= 0.3 is 5.97 Å². The number of aryl methyl sites for hydroxylation is 1. The molecule has 5 heterocycles. The van der Waals surface area contributed by atoms with Crippen LogP contribution in [0.3, 0.4) is 0 Å². The first-order chi connectivity index (χ1) is 18.4. The summed E-state index contributed by atoms with van der Waals surface area (Å²) in [5.41, 5.74) is 1.51. The van der Waals surface area contributed by atoms with Crippen molar-refractivity contribution in [2.24, 2.45) is 5.92 Å². The van der Waals surface area contributed by atoms with Crippen molar-refractivity contribution in [3.05, 3.63) is 63.5 Å². The summed E-state index contributed by atoms with van der Waals surface area (Å²) in [4.78, 5) is 53.2. The van der Waals surface area contributed by atoms with Gasteiger partial charge in [-0.3, -0.25) is 19.1 Å². The van der Waals surface area contributed by atoms with Crippen LogP contribution in [0.25, 0.3) is 27.4 Å². The lowest BCUT2D eigenvalue weighted by molar-refractivity contribution is -0.123. The predicted molar refractivity (Wildman–Crippen MR) is 144 cm³/mol. The highest BCUT2D eigenvalue weighted by Gasteiger charge is 2.33. The van der Waals surface area contributed by atoms with Gasteiger partial charge in [-0.05, 0) is 44.0 Å². The molecule has 0 unspecified atom stereocenters. The van der Waals surface area contributed by atoms with E-state index in [9.17, 15) is 19.5 Å². The Morgan fingerprint density at radius 3 is 2.79 bits per heavy atom. The third-order valence-corrected chi connectivity index (χ3v) is 7.44. The van der Waals surface area contributed by atoms with Crippen LogP contribution in [-0.4, -0.2) is 62.7 Å². The van der Waals surface area contributed by atoms with Gasteiger partial charge in [-0.2, -0.15) is 0 Å². The zero-order valence-corrected chi connectivity index (χ0v) is 21.9. The van der Waals surface area contributed by atoms with Gasteiger partial charge in [0.15, 0.2) is 10.8 Å². The average molecular weight is 534 g/mol. The molecule has 196 valence electrons. The Kier molecular flexibility index (Phi) is 7.30. The molecule has 0 amide bonds. The Balaban J connectivity index is 1.49. The van der Waals surface area contributed by atoms with Gasteiger partial charge in [-0.15, -0.1) is 11.3 Å². The maximum Gasteiger partial charge on any atom is 0.341 e. The summed E-state index contributed by atoms with van der Waals surface area (Å²) in [5, 5.41) is 12.3. The number of carboxylic acids is 1. The maximum atomic E-state index is 13.1. The molecular weight excluding hydrogens is 506 g/mol. The molecule has 4 aromatic rings. The van der Waals surface area contributed by atoms with Crippen LogP contribution in [0.1, 0.15) is 35.7 Å². The summed E-state index contributed by atoms with van der Waals surface area (Å²) in [5.74, 6) is -0.528. The Morgan fingerprint density at radius 1 is 1.26 bits per heavy atom. The van der Waals surface area contributed by atoms with Crippen LogP contribution in [0.15, 0.2) is 47.0 Å². The van der Waals surface area contributed by atoms with Crippen molar-refractivity contribution in [1.82, 2.24) is 19.5 Å². The number of carbonyl (C=O) groups excluding carboxylic acids is 1. The summed E-state index contributed by atoms with van der Waals surface area (Å²) in [6.45, 7) is 6.02. The van der Waals surface area contributed by atoms with Gasteiger partial charge in [0.2, 0.25) is 5.43 Å². The number of carboxylic acid groups (broad SMARTS) is 1. The van der Waals surface area contributed by atoms with Crippen molar-refractivity contribution in [2.75, 3.05) is 31.2 Å². The molecule has 38 heavy (non-hydrogen) atoms. The first-order valence-corrected chi connectivity index (χ1v) is 13.3. The fraction of sp³-hybridized carbons (Fsp3) is 0.333. The molecule has 1 saturated heterocycles. The molecule has 1 fully saturated rings. The highest BCUT2D eigenvalue weighted by atomic mass is 32.1. The molecule has 0 aliphatic carbocycles. The smallest absolute Gasteiger partial charge is 0.341 e. The molecule has 11 heteroatoms. The summed E-state index contributed by atoms with van der Waals surface area (Å²) in [6.07, 6.45) is 5.86. The third-order valence-electron chi connectivity index (χ3n) is 6.60. The number of Topliss-reactive ketones (excluding diaryl/α,β-unsaturated/α-hetero) is 1. The van der Waals surface area contributed by atoms with Crippen molar-refractivity contribution >= 4 is 39.9 Å². The Hall–Kier alpha value is -3.96. The van der Waals surface area contributed by atoms with E-state index in [1.807, 2.05) is 29.3 Å². The van der Waals surface area contributed by atoms with E-state index < -0.39 is 11.4 Å². The molecule has 0 saturated carbocycles. The molecule has 0 aromatic carbocycles. The van der Waals surface area contributed by atoms with E-state index in [1.54, 1.807) is 30.0 Å². The van der Waals surface area contributed by atoms with Crippen molar-refractivity contribution in [3.8, 4) is 16.4 Å². The lowest BCUT2D eigenvalue weighted by atomic mass is 9.92. The minimum absolute atomic E-state index is 0.0630. The monoisotopic (exact) mass is 533 g/mol. The highest BCUT2D eigenvalue weighted by molar-refractivity contribution is 7.12. The molecule has 5 rings (SSSR count). The highest BCUT2D eigenvalue weighted by Crippen LogP contribution is 2.30. The van der Waals surface area contributed by atoms with Gasteiger partial charge in [0, 0.05) is 62.3 Å². The average Bonchev–Trinajstić information content (AvgIpc) is 3.36. The quantitative estimate of drug-likeness (QED) is 0.303. The van der Waals surface area contributed by atoms with Crippen molar-refractivity contribution in [3.63, 3.8) is 0 Å². The van der Waals surface area contributed by atoms with Crippen LogP contribution in [0.4, 0.5) is 5.82 Å². The number of ether oxygens (including phenoxy) is 1. The van der Waals surface area contributed by atoms with Crippen LogP contribution < -0.4 is 10.3 Å². The zero-order valence-electron chi connectivity index (χ0n) is 21.1. The SMILES string of the molecule is CCOCCCC(=O)C1CN(c2cc(C)c3c(=O)c(C(=O)O)cn(-c4nc(-c5cccnc5)cs4)c3n2)C1. The van der Waals surface area contributed by atoms with Gasteiger partial charge < -0.3 is 14.7 Å². The lowest BCUT2D eigenvalue weighted by Crippen LogP contribution is -2.51.